The van der Waals surface area contributed by atoms with Crippen LogP contribution in [0.15, 0.2) is 39.0 Å². The third-order valence-electron chi connectivity index (χ3n) is 4.56. The highest BCUT2D eigenvalue weighted by molar-refractivity contribution is 7.99. The Morgan fingerprint density at radius 1 is 1.19 bits per heavy atom. The topological polar surface area (TPSA) is 118 Å². The van der Waals surface area contributed by atoms with Crippen LogP contribution < -0.4 is 15.4 Å². The fourth-order valence-corrected chi connectivity index (χ4v) is 4.15. The van der Waals surface area contributed by atoms with E-state index >= 15 is 0 Å². The number of hydrogen-bond acceptors (Lipinski definition) is 7. The lowest BCUT2D eigenvalue weighted by atomic mass is 10.2. The first-order valence-corrected chi connectivity index (χ1v) is 12.3. The van der Waals surface area contributed by atoms with Crippen molar-refractivity contribution in [1.82, 2.24) is 19.5 Å². The number of sulfonamides is 1. The Hall–Kier alpha value is -2.73. The average molecular weight is 468 g/mol. The summed E-state index contributed by atoms with van der Waals surface area (Å²) in [6.45, 7) is 1.99. The lowest BCUT2D eigenvalue weighted by Crippen LogP contribution is -2.38. The number of benzene rings is 1. The molecular formula is C19H22FN5O4S2. The molecule has 31 heavy (non-hydrogen) atoms. The van der Waals surface area contributed by atoms with Crippen LogP contribution in [0.1, 0.15) is 25.3 Å². The van der Waals surface area contributed by atoms with Crippen LogP contribution in [0.2, 0.25) is 0 Å². The third kappa shape index (κ3) is 5.13. The Bertz CT molecular complexity index is 1320. The lowest BCUT2D eigenvalue weighted by Gasteiger charge is -2.19. The minimum atomic E-state index is -3.71. The number of halogens is 1. The van der Waals surface area contributed by atoms with Gasteiger partial charge >= 0.3 is 11.1 Å². The maximum atomic E-state index is 13.3. The minimum Gasteiger partial charge on any atom is -0.311 e. The smallest absolute Gasteiger partial charge is 0.311 e. The predicted molar refractivity (Wildman–Crippen MR) is 119 cm³/mol. The van der Waals surface area contributed by atoms with Crippen molar-refractivity contribution in [3.05, 3.63) is 56.4 Å². The van der Waals surface area contributed by atoms with Crippen molar-refractivity contribution in [3.8, 4) is 0 Å². The van der Waals surface area contributed by atoms with Gasteiger partial charge in [-0.05, 0) is 24.1 Å². The van der Waals surface area contributed by atoms with Crippen molar-refractivity contribution in [2.45, 2.75) is 31.5 Å². The van der Waals surface area contributed by atoms with E-state index in [1.165, 1.54) is 43.1 Å². The molecule has 0 radical (unpaired) electrons. The summed E-state index contributed by atoms with van der Waals surface area (Å²) < 4.78 is 39.7. The highest BCUT2D eigenvalue weighted by Gasteiger charge is 2.22. The summed E-state index contributed by atoms with van der Waals surface area (Å²) in [7, 11) is -2.40. The van der Waals surface area contributed by atoms with Crippen molar-refractivity contribution < 1.29 is 12.8 Å². The highest BCUT2D eigenvalue weighted by atomic mass is 32.2. The molecule has 3 aromatic rings. The molecule has 12 heteroatoms. The number of unbranched alkanes of at least 4 members (excludes halogenated alkanes) is 1. The molecule has 2 aromatic heterocycles. The molecular weight excluding hydrogens is 445 g/mol. The Balaban J connectivity index is 2.27. The van der Waals surface area contributed by atoms with Gasteiger partial charge in [0.15, 0.2) is 16.6 Å². The summed E-state index contributed by atoms with van der Waals surface area (Å²) in [5, 5.41) is 0.283. The molecule has 2 heterocycles. The van der Waals surface area contributed by atoms with Crippen molar-refractivity contribution in [2.24, 2.45) is 0 Å². The van der Waals surface area contributed by atoms with Crippen LogP contribution in [0, 0.1) is 5.82 Å². The second kappa shape index (κ2) is 9.18. The molecule has 0 aliphatic carbocycles. The van der Waals surface area contributed by atoms with Crippen molar-refractivity contribution in [2.75, 3.05) is 23.4 Å². The normalized spacial score (nSPS) is 11.7. The van der Waals surface area contributed by atoms with Crippen LogP contribution in [-0.4, -0.2) is 47.0 Å². The van der Waals surface area contributed by atoms with Gasteiger partial charge in [0.25, 0.3) is 0 Å². The predicted octanol–water partition coefficient (Wildman–Crippen LogP) is 1.96. The van der Waals surface area contributed by atoms with Crippen molar-refractivity contribution in [3.63, 3.8) is 0 Å². The van der Waals surface area contributed by atoms with Crippen molar-refractivity contribution in [1.29, 1.82) is 0 Å². The van der Waals surface area contributed by atoms with Gasteiger partial charge < -0.3 is 4.98 Å². The Morgan fingerprint density at radius 3 is 2.48 bits per heavy atom. The van der Waals surface area contributed by atoms with Crippen LogP contribution >= 0.6 is 11.8 Å². The second-order valence-corrected chi connectivity index (χ2v) is 10.0. The quantitative estimate of drug-likeness (QED) is 0.233. The number of nitrogens with one attached hydrogen (secondary N) is 1. The first-order chi connectivity index (χ1) is 14.6. The zero-order chi connectivity index (χ0) is 22.8. The van der Waals surface area contributed by atoms with Gasteiger partial charge in [0, 0.05) is 12.8 Å². The molecule has 0 unspecified atom stereocenters. The number of aromatic nitrogens is 4. The van der Waals surface area contributed by atoms with E-state index in [9.17, 15) is 22.4 Å². The van der Waals surface area contributed by atoms with Crippen LogP contribution in [0.5, 0.6) is 0 Å². The van der Waals surface area contributed by atoms with Gasteiger partial charge in [0.05, 0.1) is 12.8 Å². The largest absolute Gasteiger partial charge is 0.318 e. The molecule has 1 aromatic carbocycles. The summed E-state index contributed by atoms with van der Waals surface area (Å²) in [6.07, 6.45) is 2.87. The fraction of sp³-hybridized carbons (Fsp3) is 0.368. The number of thioether (sulfide) groups is 1. The number of nitrogens with zero attached hydrogens (tertiary/aromatic N) is 4. The highest BCUT2D eigenvalue weighted by Crippen LogP contribution is 2.26. The zero-order valence-electron chi connectivity index (χ0n) is 17.3. The number of H-pyrrole nitrogens is 1. The molecule has 0 atom stereocenters. The second-order valence-electron chi connectivity index (χ2n) is 6.93. The summed E-state index contributed by atoms with van der Waals surface area (Å²) in [4.78, 5) is 36.2. The van der Waals surface area contributed by atoms with Crippen LogP contribution in [0.25, 0.3) is 11.2 Å². The standard InChI is InChI=1S/C19H22FN5O4S2/c1-4-5-10-30-19-22-15(24(2)31(3,28)29)14-16(23-19)25(18(27)17(26)21-14)11-12-6-8-13(20)9-7-12/h6-9H,4-5,10-11H2,1-3H3,(H,21,26). The van der Waals surface area contributed by atoms with Crippen LogP contribution in [0.3, 0.4) is 0 Å². The van der Waals surface area contributed by atoms with Gasteiger partial charge in [-0.15, -0.1) is 0 Å². The van der Waals surface area contributed by atoms with Crippen LogP contribution in [0.4, 0.5) is 10.2 Å². The first-order valence-electron chi connectivity index (χ1n) is 9.47. The molecule has 0 spiro atoms. The molecule has 166 valence electrons. The van der Waals surface area contributed by atoms with Gasteiger partial charge in [-0.2, -0.15) is 0 Å². The molecule has 3 rings (SSSR count). The molecule has 0 amide bonds. The van der Waals surface area contributed by atoms with Crippen LogP contribution in [-0.2, 0) is 16.6 Å². The summed E-state index contributed by atoms with van der Waals surface area (Å²) in [5.41, 5.74) is -1.10. The molecule has 0 saturated carbocycles. The van der Waals surface area contributed by atoms with E-state index in [4.69, 9.17) is 0 Å². The number of hydrogen-bond donors (Lipinski definition) is 1. The first kappa shape index (κ1) is 22.9. The molecule has 1 N–H and O–H groups in total. The van der Waals surface area contributed by atoms with Gasteiger partial charge in [0.2, 0.25) is 10.0 Å². The van der Waals surface area contributed by atoms with E-state index in [0.717, 1.165) is 28.0 Å². The zero-order valence-corrected chi connectivity index (χ0v) is 18.9. The Labute approximate surface area is 182 Å². The Morgan fingerprint density at radius 2 is 1.87 bits per heavy atom. The monoisotopic (exact) mass is 467 g/mol. The van der Waals surface area contributed by atoms with Gasteiger partial charge in [0.1, 0.15) is 11.3 Å². The summed E-state index contributed by atoms with van der Waals surface area (Å²) >= 11 is 1.33. The SMILES string of the molecule is CCCCSc1nc(N(C)S(C)(=O)=O)c2[nH]c(=O)c(=O)n(Cc3ccc(F)cc3)c2n1. The van der Waals surface area contributed by atoms with Crippen molar-refractivity contribution >= 4 is 38.8 Å². The number of fused-ring (bicyclic) bond motifs is 1. The molecule has 0 aliphatic rings. The van der Waals surface area contributed by atoms with E-state index in [-0.39, 0.29) is 28.7 Å². The molecule has 0 fully saturated rings. The maximum Gasteiger partial charge on any atom is 0.318 e. The third-order valence-corrected chi connectivity index (χ3v) is 6.66. The molecule has 0 aliphatic heterocycles. The number of rotatable bonds is 8. The minimum absolute atomic E-state index is 0.0273. The molecule has 0 bridgehead atoms. The van der Waals surface area contributed by atoms with Gasteiger partial charge in [-0.3, -0.25) is 18.5 Å². The summed E-state index contributed by atoms with van der Waals surface area (Å²) in [6, 6.07) is 5.49. The number of anilines is 1. The maximum absolute atomic E-state index is 13.3. The van der Waals surface area contributed by atoms with Gasteiger partial charge in [-0.25, -0.2) is 22.8 Å². The molecule has 9 nitrogen and oxygen atoms in total. The van der Waals surface area contributed by atoms with E-state index in [2.05, 4.69) is 15.0 Å². The van der Waals surface area contributed by atoms with E-state index in [1.54, 1.807) is 0 Å². The number of aromatic amines is 1. The van der Waals surface area contributed by atoms with E-state index < -0.39 is 27.0 Å². The van der Waals surface area contributed by atoms with E-state index in [1.807, 2.05) is 6.92 Å². The molecule has 0 saturated heterocycles. The summed E-state index contributed by atoms with van der Waals surface area (Å²) in [5.74, 6) is 0.243. The Kier molecular flexibility index (Phi) is 6.80. The average Bonchev–Trinajstić information content (AvgIpc) is 2.71. The van der Waals surface area contributed by atoms with Gasteiger partial charge in [-0.1, -0.05) is 37.2 Å². The lowest BCUT2D eigenvalue weighted by molar-refractivity contribution is 0.599. The van der Waals surface area contributed by atoms with E-state index in [0.29, 0.717) is 11.3 Å². The fourth-order valence-electron chi connectivity index (χ4n) is 2.79.